The quantitative estimate of drug-likeness (QED) is 0.493. The number of nitrogens with one attached hydrogen (secondary N) is 1. The molecule has 1 atom stereocenters. The zero-order chi connectivity index (χ0) is 22.4. The highest BCUT2D eigenvalue weighted by atomic mass is 16.5. The Kier molecular flexibility index (Phi) is 4.66. The van der Waals surface area contributed by atoms with Gasteiger partial charge in [0.15, 0.2) is 5.71 Å². The van der Waals surface area contributed by atoms with Crippen molar-refractivity contribution in [1.29, 1.82) is 0 Å². The van der Waals surface area contributed by atoms with Crippen LogP contribution in [0.15, 0.2) is 58.4 Å². The lowest BCUT2D eigenvalue weighted by molar-refractivity contribution is -0.137. The molecule has 9 heteroatoms. The number of hydrogen-bond donors (Lipinski definition) is 3. The molecule has 1 unspecified atom stereocenters. The van der Waals surface area contributed by atoms with E-state index >= 15 is 0 Å². The highest BCUT2D eigenvalue weighted by Crippen LogP contribution is 2.39. The topological polar surface area (TPSA) is 124 Å². The number of fused-ring (bicyclic) bond motifs is 1. The maximum atomic E-state index is 12.9. The number of aryl methyl sites for hydroxylation is 2. The van der Waals surface area contributed by atoms with Crippen LogP contribution in [-0.4, -0.2) is 33.5 Å². The number of anilines is 2. The summed E-state index contributed by atoms with van der Waals surface area (Å²) >= 11 is 0. The number of nitrogens with zero attached hydrogens (tertiary/aromatic N) is 3. The Hall–Kier alpha value is -4.14. The van der Waals surface area contributed by atoms with Crippen LogP contribution >= 0.6 is 0 Å². The van der Waals surface area contributed by atoms with Crippen LogP contribution < -0.4 is 10.4 Å². The average Bonchev–Trinajstić information content (AvgIpc) is 3.34. The summed E-state index contributed by atoms with van der Waals surface area (Å²) in [4.78, 5) is 24.0. The molecular formula is C23H20N4O5. The van der Waals surface area contributed by atoms with Crippen LogP contribution in [0.1, 0.15) is 36.1 Å². The molecule has 0 radical (unpaired) electrons. The molecule has 0 fully saturated rings. The van der Waals surface area contributed by atoms with E-state index in [-0.39, 0.29) is 28.8 Å². The van der Waals surface area contributed by atoms with Gasteiger partial charge < -0.3 is 14.9 Å². The van der Waals surface area contributed by atoms with E-state index in [0.717, 1.165) is 12.8 Å². The van der Waals surface area contributed by atoms with Crippen LogP contribution in [0, 0.1) is 0 Å². The molecule has 0 spiro atoms. The lowest BCUT2D eigenvalue weighted by atomic mass is 9.88. The number of amides is 1. The molecule has 2 aliphatic heterocycles. The molecule has 9 nitrogen and oxygen atoms in total. The maximum absolute atomic E-state index is 12.9. The van der Waals surface area contributed by atoms with E-state index in [0.29, 0.717) is 23.4 Å². The number of carbonyl (C=O) groups excluding carboxylic acids is 1. The van der Waals surface area contributed by atoms with E-state index in [1.165, 1.54) is 22.2 Å². The van der Waals surface area contributed by atoms with Crippen molar-refractivity contribution in [2.24, 2.45) is 10.2 Å². The fourth-order valence-electron chi connectivity index (χ4n) is 3.93. The van der Waals surface area contributed by atoms with Gasteiger partial charge in [0, 0.05) is 12.0 Å². The highest BCUT2D eigenvalue weighted by Gasteiger charge is 2.32. The number of aliphatic carboxylic acids is 1. The number of aromatic hydroxyl groups is 1. The van der Waals surface area contributed by atoms with Crippen LogP contribution in [0.3, 0.4) is 0 Å². The van der Waals surface area contributed by atoms with Gasteiger partial charge in [0.2, 0.25) is 5.76 Å². The monoisotopic (exact) mass is 432 g/mol. The summed E-state index contributed by atoms with van der Waals surface area (Å²) in [6, 6.07) is 10.8. The Morgan fingerprint density at radius 2 is 2.06 bits per heavy atom. The number of carbonyl (C=O) groups is 2. The number of ether oxygens (including phenoxy) is 1. The minimum absolute atomic E-state index is 0.124. The molecule has 3 aliphatic rings. The first kappa shape index (κ1) is 19.8. The summed E-state index contributed by atoms with van der Waals surface area (Å²) in [7, 11) is 0. The number of carboxylic acids is 1. The lowest BCUT2D eigenvalue weighted by Gasteiger charge is -2.21. The van der Waals surface area contributed by atoms with Gasteiger partial charge in [0.1, 0.15) is 11.9 Å². The molecule has 2 aromatic carbocycles. The normalized spacial score (nSPS) is 20.4. The summed E-state index contributed by atoms with van der Waals surface area (Å²) in [6.45, 7) is 1.70. The standard InChI is InChI=1S/C23H20N4O5/c1-12-20(22(29)27(26-12)15-8-7-13-5-6-14(13)11-15)25-24-17-4-2-3-16(21(17)28)18-9-10-19(32-18)23(30)31/h2-4,7-8,10-11,18,24,28H,5-6,9H2,1H3,(H,30,31)/b25-20-. The molecule has 162 valence electrons. The Labute approximate surface area is 183 Å². The largest absolute Gasteiger partial charge is 0.505 e. The van der Waals surface area contributed by atoms with Gasteiger partial charge in [-0.2, -0.15) is 15.2 Å². The van der Waals surface area contributed by atoms with Gasteiger partial charge in [-0.25, -0.2) is 4.79 Å². The number of carboxylic acid groups (broad SMARTS) is 1. The van der Waals surface area contributed by atoms with E-state index in [4.69, 9.17) is 9.84 Å². The third-order valence-electron chi connectivity index (χ3n) is 5.79. The van der Waals surface area contributed by atoms with E-state index < -0.39 is 12.1 Å². The Morgan fingerprint density at radius 3 is 2.75 bits per heavy atom. The number of hydrazone groups is 2. The van der Waals surface area contributed by atoms with Crippen molar-refractivity contribution in [2.45, 2.75) is 32.3 Å². The van der Waals surface area contributed by atoms with E-state index in [9.17, 15) is 14.7 Å². The van der Waals surface area contributed by atoms with Crippen molar-refractivity contribution in [3.63, 3.8) is 0 Å². The third kappa shape index (κ3) is 3.27. The van der Waals surface area contributed by atoms with Gasteiger partial charge in [-0.3, -0.25) is 10.2 Å². The fraction of sp³-hybridized carbons (Fsp3) is 0.217. The predicted octanol–water partition coefficient (Wildman–Crippen LogP) is 3.11. The number of hydrogen-bond acceptors (Lipinski definition) is 7. The molecule has 3 N–H and O–H groups in total. The molecule has 1 amide bonds. The molecule has 0 bridgehead atoms. The van der Waals surface area contributed by atoms with Gasteiger partial charge in [-0.05, 0) is 55.2 Å². The molecule has 0 aromatic heterocycles. The van der Waals surface area contributed by atoms with E-state index in [1.54, 1.807) is 25.1 Å². The molecule has 2 aromatic rings. The second-order valence-corrected chi connectivity index (χ2v) is 7.79. The second-order valence-electron chi connectivity index (χ2n) is 7.79. The Morgan fingerprint density at radius 1 is 1.25 bits per heavy atom. The summed E-state index contributed by atoms with van der Waals surface area (Å²) in [6.07, 6.45) is 3.24. The average molecular weight is 432 g/mol. The minimum Gasteiger partial charge on any atom is -0.505 e. The van der Waals surface area contributed by atoms with Crippen molar-refractivity contribution in [3.05, 3.63) is 64.9 Å². The molecule has 0 saturated heterocycles. The van der Waals surface area contributed by atoms with E-state index in [2.05, 4.69) is 15.6 Å². The Bertz CT molecular complexity index is 1250. The van der Waals surface area contributed by atoms with Crippen molar-refractivity contribution in [1.82, 2.24) is 0 Å². The van der Waals surface area contributed by atoms with Crippen LogP contribution in [-0.2, 0) is 27.2 Å². The minimum atomic E-state index is -1.15. The molecule has 0 saturated carbocycles. The van der Waals surface area contributed by atoms with Gasteiger partial charge >= 0.3 is 11.9 Å². The summed E-state index contributed by atoms with van der Waals surface area (Å²) < 4.78 is 5.40. The maximum Gasteiger partial charge on any atom is 0.370 e. The second kappa shape index (κ2) is 7.52. The SMILES string of the molecule is CC1=NN(c2ccc3c(c2)CC3)C(=O)/C1=N\Nc1cccc(C2CC=C(C(=O)O)O2)c1O. The molecule has 1 aliphatic carbocycles. The number of phenols is 1. The first-order valence-electron chi connectivity index (χ1n) is 10.2. The van der Waals surface area contributed by atoms with Crippen LogP contribution in [0.25, 0.3) is 0 Å². The third-order valence-corrected chi connectivity index (χ3v) is 5.79. The highest BCUT2D eigenvalue weighted by molar-refractivity contribution is 6.71. The van der Waals surface area contributed by atoms with Crippen molar-refractivity contribution in [2.75, 3.05) is 10.4 Å². The first-order chi connectivity index (χ1) is 15.4. The Balaban J connectivity index is 1.34. The van der Waals surface area contributed by atoms with Gasteiger partial charge in [-0.15, -0.1) is 0 Å². The van der Waals surface area contributed by atoms with Crippen molar-refractivity contribution >= 4 is 34.7 Å². The molecule has 32 heavy (non-hydrogen) atoms. The van der Waals surface area contributed by atoms with Crippen LogP contribution in [0.4, 0.5) is 11.4 Å². The molecule has 2 heterocycles. The first-order valence-corrected chi connectivity index (χ1v) is 10.2. The zero-order valence-electron chi connectivity index (χ0n) is 17.2. The summed E-state index contributed by atoms with van der Waals surface area (Å²) in [5.41, 5.74) is 7.24. The number of phenolic OH excluding ortho intramolecular Hbond substituents is 1. The number of benzene rings is 2. The van der Waals surface area contributed by atoms with Gasteiger partial charge in [0.05, 0.1) is 17.1 Å². The van der Waals surface area contributed by atoms with Crippen LogP contribution in [0.2, 0.25) is 0 Å². The van der Waals surface area contributed by atoms with E-state index in [1.807, 2.05) is 18.2 Å². The predicted molar refractivity (Wildman–Crippen MR) is 118 cm³/mol. The number of para-hydroxylation sites is 1. The zero-order valence-corrected chi connectivity index (χ0v) is 17.2. The molecule has 5 rings (SSSR count). The lowest BCUT2D eigenvalue weighted by Crippen LogP contribution is -2.28. The molecular weight excluding hydrogens is 412 g/mol. The fourth-order valence-corrected chi connectivity index (χ4v) is 3.93. The smallest absolute Gasteiger partial charge is 0.370 e. The summed E-state index contributed by atoms with van der Waals surface area (Å²) in [5, 5.41) is 29.6. The van der Waals surface area contributed by atoms with Gasteiger partial charge in [0.25, 0.3) is 0 Å². The summed E-state index contributed by atoms with van der Waals surface area (Å²) in [5.74, 6) is -1.78. The van der Waals surface area contributed by atoms with Gasteiger partial charge in [-0.1, -0.05) is 18.2 Å². The van der Waals surface area contributed by atoms with Crippen molar-refractivity contribution < 1.29 is 24.5 Å². The van der Waals surface area contributed by atoms with Crippen LogP contribution in [0.5, 0.6) is 5.75 Å². The number of rotatable bonds is 5. The van der Waals surface area contributed by atoms with Crippen molar-refractivity contribution in [3.8, 4) is 5.75 Å².